The smallest absolute Gasteiger partial charge is 0.187 e. The highest BCUT2D eigenvalue weighted by Crippen LogP contribution is 2.35. The van der Waals surface area contributed by atoms with E-state index in [4.69, 9.17) is 22.6 Å². The van der Waals surface area contributed by atoms with Crippen molar-refractivity contribution in [3.8, 4) is 6.07 Å². The summed E-state index contributed by atoms with van der Waals surface area (Å²) < 4.78 is 13.8. The third kappa shape index (κ3) is 4.10. The Morgan fingerprint density at radius 1 is 1.44 bits per heavy atom. The maximum absolute atomic E-state index is 13.8. The molecule has 9 heteroatoms. The predicted molar refractivity (Wildman–Crippen MR) is 103 cm³/mol. The molecular formula is C18H15ClFN5OS. The molecule has 0 amide bonds. The molecular weight excluding hydrogens is 389 g/mol. The summed E-state index contributed by atoms with van der Waals surface area (Å²) in [6.07, 6.45) is 3.32. The molecule has 138 valence electrons. The van der Waals surface area contributed by atoms with Crippen LogP contribution in [-0.4, -0.2) is 33.3 Å². The molecule has 3 rings (SSSR count). The maximum atomic E-state index is 13.8. The number of alkyl halides is 1. The van der Waals surface area contributed by atoms with Crippen molar-refractivity contribution in [2.45, 2.75) is 18.4 Å². The lowest BCUT2D eigenvalue weighted by Gasteiger charge is -2.30. The van der Waals surface area contributed by atoms with Gasteiger partial charge in [-0.05, 0) is 30.2 Å². The van der Waals surface area contributed by atoms with Crippen LogP contribution in [0, 0.1) is 11.3 Å². The monoisotopic (exact) mass is 403 g/mol. The Hall–Kier alpha value is -2.50. The molecule has 0 unspecified atom stereocenters. The number of aromatic nitrogens is 2. The third-order valence-corrected chi connectivity index (χ3v) is 5.29. The first-order valence-corrected chi connectivity index (χ1v) is 9.42. The molecule has 27 heavy (non-hydrogen) atoms. The Labute approximate surface area is 164 Å². The molecule has 0 saturated carbocycles. The zero-order valence-electron chi connectivity index (χ0n) is 14.2. The standard InChI is InChI=1S/C18H15ClFN5OS/c19-13-5-12(8-21)9-24-16(13)14(26)6-11-1-3-23-15(7-11)18(10-20)2-4-27-17(22)25-18/h1,3,5,7,9H,2,4,6,10H2,(H2,22,25)/t18-/m1/s1. The third-order valence-electron chi connectivity index (χ3n) is 4.21. The summed E-state index contributed by atoms with van der Waals surface area (Å²) in [7, 11) is 0. The van der Waals surface area contributed by atoms with E-state index in [1.165, 1.54) is 30.2 Å². The second kappa shape index (κ2) is 8.03. The number of amidine groups is 1. The zero-order valence-corrected chi connectivity index (χ0v) is 15.7. The van der Waals surface area contributed by atoms with Gasteiger partial charge in [-0.2, -0.15) is 5.26 Å². The first kappa shape index (κ1) is 19.3. The minimum Gasteiger partial charge on any atom is -0.379 e. The number of nitrogens with zero attached hydrogens (tertiary/aromatic N) is 4. The Morgan fingerprint density at radius 2 is 2.26 bits per heavy atom. The van der Waals surface area contributed by atoms with Gasteiger partial charge in [-0.1, -0.05) is 23.4 Å². The number of thioether (sulfide) groups is 1. The first-order chi connectivity index (χ1) is 13.0. The summed E-state index contributed by atoms with van der Waals surface area (Å²) in [5.41, 5.74) is 6.12. The van der Waals surface area contributed by atoms with E-state index in [1.54, 1.807) is 12.1 Å². The molecule has 2 aromatic rings. The number of nitriles is 1. The van der Waals surface area contributed by atoms with E-state index in [1.807, 2.05) is 6.07 Å². The van der Waals surface area contributed by atoms with Crippen molar-refractivity contribution >= 4 is 34.3 Å². The summed E-state index contributed by atoms with van der Waals surface area (Å²) in [4.78, 5) is 25.1. The van der Waals surface area contributed by atoms with Gasteiger partial charge in [-0.3, -0.25) is 14.8 Å². The van der Waals surface area contributed by atoms with Gasteiger partial charge in [0.2, 0.25) is 0 Å². The van der Waals surface area contributed by atoms with E-state index in [2.05, 4.69) is 15.0 Å². The summed E-state index contributed by atoms with van der Waals surface area (Å²) in [5, 5.41) is 9.31. The molecule has 0 spiro atoms. The highest BCUT2D eigenvalue weighted by atomic mass is 35.5. The number of carbonyl (C=O) groups is 1. The normalized spacial score (nSPS) is 19.2. The number of rotatable bonds is 5. The number of hydrogen-bond acceptors (Lipinski definition) is 7. The molecule has 6 nitrogen and oxygen atoms in total. The predicted octanol–water partition coefficient (Wildman–Crippen LogP) is 3.04. The number of halogens is 2. The average Bonchev–Trinajstić information content (AvgIpc) is 2.67. The van der Waals surface area contributed by atoms with Crippen LogP contribution in [0.4, 0.5) is 4.39 Å². The number of carbonyl (C=O) groups excluding carboxylic acids is 1. The van der Waals surface area contributed by atoms with E-state index in [-0.39, 0.29) is 28.5 Å². The largest absolute Gasteiger partial charge is 0.379 e. The topological polar surface area (TPSA) is 105 Å². The van der Waals surface area contributed by atoms with Gasteiger partial charge in [-0.25, -0.2) is 9.38 Å². The number of pyridine rings is 2. The molecule has 3 heterocycles. The lowest BCUT2D eigenvalue weighted by atomic mass is 9.92. The van der Waals surface area contributed by atoms with Gasteiger partial charge in [-0.15, -0.1) is 0 Å². The highest BCUT2D eigenvalue weighted by Gasteiger charge is 2.36. The summed E-state index contributed by atoms with van der Waals surface area (Å²) in [5.74, 6) is 0.340. The highest BCUT2D eigenvalue weighted by molar-refractivity contribution is 8.13. The van der Waals surface area contributed by atoms with Crippen LogP contribution >= 0.6 is 23.4 Å². The van der Waals surface area contributed by atoms with Crippen LogP contribution < -0.4 is 5.73 Å². The molecule has 0 aliphatic carbocycles. The molecule has 0 fully saturated rings. The molecule has 1 atom stereocenters. The van der Waals surface area contributed by atoms with Crippen LogP contribution in [0.5, 0.6) is 0 Å². The molecule has 0 bridgehead atoms. The van der Waals surface area contributed by atoms with Gasteiger partial charge >= 0.3 is 0 Å². The lowest BCUT2D eigenvalue weighted by molar-refractivity contribution is 0.0988. The van der Waals surface area contributed by atoms with Gasteiger partial charge in [0, 0.05) is 24.6 Å². The van der Waals surface area contributed by atoms with E-state index < -0.39 is 12.2 Å². The van der Waals surface area contributed by atoms with E-state index in [0.29, 0.717) is 28.6 Å². The van der Waals surface area contributed by atoms with Crippen molar-refractivity contribution in [1.29, 1.82) is 5.26 Å². The molecule has 0 saturated heterocycles. The zero-order chi connectivity index (χ0) is 19.4. The lowest BCUT2D eigenvalue weighted by Crippen LogP contribution is -2.34. The van der Waals surface area contributed by atoms with Crippen LogP contribution in [0.1, 0.15) is 33.7 Å². The van der Waals surface area contributed by atoms with E-state index >= 15 is 0 Å². The molecule has 2 aromatic heterocycles. The van der Waals surface area contributed by atoms with Crippen molar-refractivity contribution < 1.29 is 9.18 Å². The van der Waals surface area contributed by atoms with E-state index in [9.17, 15) is 9.18 Å². The van der Waals surface area contributed by atoms with Crippen LogP contribution in [-0.2, 0) is 12.0 Å². The Morgan fingerprint density at radius 3 is 2.93 bits per heavy atom. The fourth-order valence-corrected chi connectivity index (χ4v) is 3.95. The minimum atomic E-state index is -1.11. The SMILES string of the molecule is N#Cc1cnc(C(=O)Cc2ccnc([C@]3(CF)CCSC(N)=N3)c2)c(Cl)c1. The minimum absolute atomic E-state index is 0.0183. The Bertz CT molecular complexity index is 961. The van der Waals surface area contributed by atoms with Crippen molar-refractivity contribution in [3.05, 3.63) is 58.1 Å². The number of ketones is 1. The summed E-state index contributed by atoms with van der Waals surface area (Å²) >= 11 is 7.43. The van der Waals surface area contributed by atoms with Crippen molar-refractivity contribution in [2.75, 3.05) is 12.4 Å². The van der Waals surface area contributed by atoms with Crippen molar-refractivity contribution in [2.24, 2.45) is 10.7 Å². The average molecular weight is 404 g/mol. The number of hydrogen-bond donors (Lipinski definition) is 1. The summed E-state index contributed by atoms with van der Waals surface area (Å²) in [6, 6.07) is 6.66. The van der Waals surface area contributed by atoms with Crippen LogP contribution in [0.15, 0.2) is 35.6 Å². The van der Waals surface area contributed by atoms with Gasteiger partial charge in [0.1, 0.15) is 24.0 Å². The Kier molecular flexibility index (Phi) is 5.73. The van der Waals surface area contributed by atoms with Crippen LogP contribution in [0.25, 0.3) is 0 Å². The second-order valence-electron chi connectivity index (χ2n) is 6.03. The van der Waals surface area contributed by atoms with E-state index in [0.717, 1.165) is 0 Å². The maximum Gasteiger partial charge on any atom is 0.187 e. The number of Topliss-reactive ketones (excluding diaryl/α,β-unsaturated/α-hetero) is 1. The molecule has 1 aliphatic heterocycles. The fourth-order valence-electron chi connectivity index (χ4n) is 2.79. The van der Waals surface area contributed by atoms with Gasteiger partial charge in [0.25, 0.3) is 0 Å². The first-order valence-electron chi connectivity index (χ1n) is 8.06. The van der Waals surface area contributed by atoms with Gasteiger partial charge in [0.15, 0.2) is 11.0 Å². The number of nitrogens with two attached hydrogens (primary N) is 1. The van der Waals surface area contributed by atoms with Crippen molar-refractivity contribution in [3.63, 3.8) is 0 Å². The summed E-state index contributed by atoms with van der Waals surface area (Å²) in [6.45, 7) is -0.721. The quantitative estimate of drug-likeness (QED) is 0.769. The second-order valence-corrected chi connectivity index (χ2v) is 7.55. The van der Waals surface area contributed by atoms with Gasteiger partial charge < -0.3 is 5.73 Å². The van der Waals surface area contributed by atoms with Gasteiger partial charge in [0.05, 0.1) is 16.3 Å². The molecule has 0 radical (unpaired) electrons. The molecule has 0 aromatic carbocycles. The van der Waals surface area contributed by atoms with Crippen LogP contribution in [0.3, 0.4) is 0 Å². The van der Waals surface area contributed by atoms with Crippen molar-refractivity contribution in [1.82, 2.24) is 9.97 Å². The van der Waals surface area contributed by atoms with Crippen LogP contribution in [0.2, 0.25) is 5.02 Å². The molecule has 1 aliphatic rings. The molecule has 2 N–H and O–H groups in total. The Balaban J connectivity index is 1.87. The fraction of sp³-hybridized carbons (Fsp3) is 0.278. The number of aliphatic imine (C=N–C) groups is 1.